The summed E-state index contributed by atoms with van der Waals surface area (Å²) in [5.41, 5.74) is 1.37. The van der Waals surface area contributed by atoms with Gasteiger partial charge in [0.1, 0.15) is 11.9 Å². The molecule has 0 amide bonds. The van der Waals surface area contributed by atoms with E-state index in [1.807, 2.05) is 49.4 Å². The molecule has 4 heteroatoms. The van der Waals surface area contributed by atoms with Gasteiger partial charge in [0.25, 0.3) is 5.79 Å². The molecule has 2 N–H and O–H groups in total. The molecule has 2 aliphatic rings. The van der Waals surface area contributed by atoms with Gasteiger partial charge >= 0.3 is 0 Å². The Bertz CT molecular complexity index is 800. The number of hydrogen-bond acceptors (Lipinski definition) is 4. The highest BCUT2D eigenvalue weighted by Crippen LogP contribution is 2.64. The highest BCUT2D eigenvalue weighted by molar-refractivity contribution is 5.56. The average Bonchev–Trinajstić information content (AvgIpc) is 2.93. The van der Waals surface area contributed by atoms with Crippen LogP contribution in [0.5, 0.6) is 5.75 Å². The molecular formula is C20H22O4. The Balaban J connectivity index is 1.96. The molecule has 0 fully saturated rings. The summed E-state index contributed by atoms with van der Waals surface area (Å²) in [7, 11) is 0. The molecule has 3 atom stereocenters. The van der Waals surface area contributed by atoms with Gasteiger partial charge in [0.15, 0.2) is 5.60 Å². The minimum Gasteiger partial charge on any atom is -0.454 e. The summed E-state index contributed by atoms with van der Waals surface area (Å²) in [6.45, 7) is 6.42. The van der Waals surface area contributed by atoms with Gasteiger partial charge in [-0.15, -0.1) is 0 Å². The lowest BCUT2D eigenvalue weighted by Crippen LogP contribution is -2.49. The van der Waals surface area contributed by atoms with Crippen molar-refractivity contribution in [3.8, 4) is 5.75 Å². The van der Waals surface area contributed by atoms with Gasteiger partial charge in [-0.05, 0) is 30.0 Å². The lowest BCUT2D eigenvalue weighted by Gasteiger charge is -2.36. The third kappa shape index (κ3) is 1.68. The summed E-state index contributed by atoms with van der Waals surface area (Å²) in [6.07, 6.45) is -1.11. The maximum atomic E-state index is 11.6. The van der Waals surface area contributed by atoms with Crippen LogP contribution in [0.1, 0.15) is 55.0 Å². The quantitative estimate of drug-likeness (QED) is 0.908. The first-order valence-corrected chi connectivity index (χ1v) is 8.43. The van der Waals surface area contributed by atoms with Crippen LogP contribution in [-0.4, -0.2) is 16.8 Å². The van der Waals surface area contributed by atoms with Crippen LogP contribution in [0, 0.1) is 0 Å². The SMILES string of the molecule is CCO[C@@]12Oc3cc(C(C)C)ccc3[C@]1(O)C(O)c1ccccc12. The lowest BCUT2D eigenvalue weighted by atomic mass is 9.85. The van der Waals surface area contributed by atoms with Crippen molar-refractivity contribution in [2.24, 2.45) is 0 Å². The van der Waals surface area contributed by atoms with Crippen molar-refractivity contribution >= 4 is 0 Å². The first-order chi connectivity index (χ1) is 11.5. The fourth-order valence-electron chi connectivity index (χ4n) is 3.98. The molecule has 24 heavy (non-hydrogen) atoms. The molecule has 0 spiro atoms. The molecule has 1 unspecified atom stereocenters. The number of ether oxygens (including phenoxy) is 2. The molecule has 1 aliphatic carbocycles. The summed E-state index contributed by atoms with van der Waals surface area (Å²) < 4.78 is 12.2. The first kappa shape index (κ1) is 15.6. The first-order valence-electron chi connectivity index (χ1n) is 8.43. The van der Waals surface area contributed by atoms with Crippen molar-refractivity contribution in [3.63, 3.8) is 0 Å². The van der Waals surface area contributed by atoms with Crippen molar-refractivity contribution in [1.29, 1.82) is 0 Å². The van der Waals surface area contributed by atoms with Gasteiger partial charge in [-0.1, -0.05) is 50.2 Å². The lowest BCUT2D eigenvalue weighted by molar-refractivity contribution is -0.294. The molecule has 1 aliphatic heterocycles. The molecule has 4 nitrogen and oxygen atoms in total. The van der Waals surface area contributed by atoms with E-state index in [1.165, 1.54) is 0 Å². The van der Waals surface area contributed by atoms with E-state index in [4.69, 9.17) is 9.47 Å². The van der Waals surface area contributed by atoms with E-state index in [9.17, 15) is 10.2 Å². The Hall–Kier alpha value is -1.88. The summed E-state index contributed by atoms with van der Waals surface area (Å²) in [6, 6.07) is 13.1. The van der Waals surface area contributed by atoms with Crippen LogP contribution < -0.4 is 4.74 Å². The number of aliphatic hydroxyl groups excluding tert-OH is 1. The van der Waals surface area contributed by atoms with Gasteiger partial charge < -0.3 is 19.7 Å². The second-order valence-electron chi connectivity index (χ2n) is 6.82. The van der Waals surface area contributed by atoms with E-state index in [0.29, 0.717) is 35.0 Å². The predicted molar refractivity (Wildman–Crippen MR) is 89.8 cm³/mol. The molecule has 0 aromatic heterocycles. The maximum Gasteiger partial charge on any atom is 0.274 e. The van der Waals surface area contributed by atoms with Crippen LogP contribution in [0.4, 0.5) is 0 Å². The van der Waals surface area contributed by atoms with Crippen LogP contribution in [-0.2, 0) is 16.1 Å². The van der Waals surface area contributed by atoms with Crippen LogP contribution in [0.2, 0.25) is 0 Å². The number of hydrogen-bond donors (Lipinski definition) is 2. The molecule has 0 saturated heterocycles. The zero-order valence-corrected chi connectivity index (χ0v) is 14.1. The number of fused-ring (bicyclic) bond motifs is 5. The second-order valence-corrected chi connectivity index (χ2v) is 6.82. The molecule has 4 rings (SSSR count). The predicted octanol–water partition coefficient (Wildman–Crippen LogP) is 3.33. The third-order valence-corrected chi connectivity index (χ3v) is 5.19. The molecule has 0 saturated carbocycles. The monoisotopic (exact) mass is 326 g/mol. The highest BCUT2D eigenvalue weighted by atomic mass is 16.7. The van der Waals surface area contributed by atoms with Crippen molar-refractivity contribution in [3.05, 3.63) is 64.7 Å². The fraction of sp³-hybridized carbons (Fsp3) is 0.400. The Morgan fingerprint density at radius 1 is 1.17 bits per heavy atom. The third-order valence-electron chi connectivity index (χ3n) is 5.19. The minimum absolute atomic E-state index is 0.342. The zero-order chi connectivity index (χ0) is 17.1. The highest BCUT2D eigenvalue weighted by Gasteiger charge is 2.71. The van der Waals surface area contributed by atoms with Crippen LogP contribution in [0.25, 0.3) is 0 Å². The fourth-order valence-corrected chi connectivity index (χ4v) is 3.98. The van der Waals surface area contributed by atoms with E-state index >= 15 is 0 Å². The second kappa shape index (κ2) is 5.06. The number of rotatable bonds is 3. The van der Waals surface area contributed by atoms with Gasteiger partial charge in [0.2, 0.25) is 0 Å². The van der Waals surface area contributed by atoms with Crippen molar-refractivity contribution in [1.82, 2.24) is 0 Å². The summed E-state index contributed by atoms with van der Waals surface area (Å²) in [5, 5.41) is 22.5. The largest absolute Gasteiger partial charge is 0.454 e. The van der Waals surface area contributed by atoms with Crippen LogP contribution in [0.3, 0.4) is 0 Å². The standard InChI is InChI=1S/C20H22O4/c1-4-23-20-15-8-6-5-7-14(15)18(21)19(20,22)16-10-9-13(12(2)3)11-17(16)24-20/h5-12,18,21-22H,4H2,1-3H3/t18?,19-,20-/m0/s1. The molecule has 0 radical (unpaired) electrons. The Labute approximate surface area is 141 Å². The summed E-state index contributed by atoms with van der Waals surface area (Å²) in [5.74, 6) is -0.490. The van der Waals surface area contributed by atoms with E-state index in [0.717, 1.165) is 5.56 Å². The van der Waals surface area contributed by atoms with Crippen LogP contribution >= 0.6 is 0 Å². The number of aliphatic hydroxyl groups is 2. The van der Waals surface area contributed by atoms with Crippen molar-refractivity contribution in [2.75, 3.05) is 6.61 Å². The topological polar surface area (TPSA) is 58.9 Å². The molecule has 2 aromatic rings. The normalized spacial score (nSPS) is 30.0. The zero-order valence-electron chi connectivity index (χ0n) is 14.1. The van der Waals surface area contributed by atoms with Gasteiger partial charge in [0.05, 0.1) is 0 Å². The van der Waals surface area contributed by atoms with Gasteiger partial charge in [-0.25, -0.2) is 0 Å². The molecule has 0 bridgehead atoms. The number of benzene rings is 2. The summed E-state index contributed by atoms with van der Waals surface area (Å²) in [4.78, 5) is 0. The molecule has 2 aromatic carbocycles. The Morgan fingerprint density at radius 2 is 1.92 bits per heavy atom. The smallest absolute Gasteiger partial charge is 0.274 e. The molecule has 126 valence electrons. The minimum atomic E-state index is -1.66. The average molecular weight is 326 g/mol. The summed E-state index contributed by atoms with van der Waals surface area (Å²) >= 11 is 0. The van der Waals surface area contributed by atoms with E-state index < -0.39 is 17.5 Å². The van der Waals surface area contributed by atoms with Crippen molar-refractivity contribution < 1.29 is 19.7 Å². The van der Waals surface area contributed by atoms with Crippen molar-refractivity contribution in [2.45, 2.75) is 44.2 Å². The van der Waals surface area contributed by atoms with Gasteiger partial charge in [-0.2, -0.15) is 0 Å². The van der Waals surface area contributed by atoms with E-state index in [1.54, 1.807) is 0 Å². The molecule has 1 heterocycles. The maximum absolute atomic E-state index is 11.6. The Kier molecular flexibility index (Phi) is 3.29. The van der Waals surface area contributed by atoms with E-state index in [-0.39, 0.29) is 0 Å². The van der Waals surface area contributed by atoms with Crippen LogP contribution in [0.15, 0.2) is 42.5 Å². The Morgan fingerprint density at radius 3 is 2.62 bits per heavy atom. The molecular weight excluding hydrogens is 304 g/mol. The van der Waals surface area contributed by atoms with E-state index in [2.05, 4.69) is 13.8 Å². The van der Waals surface area contributed by atoms with Gasteiger partial charge in [0, 0.05) is 17.7 Å². The van der Waals surface area contributed by atoms with Gasteiger partial charge in [-0.3, -0.25) is 0 Å².